The lowest BCUT2D eigenvalue weighted by molar-refractivity contribution is -0.110. The van der Waals surface area contributed by atoms with Gasteiger partial charge >= 0.3 is 0 Å². The van der Waals surface area contributed by atoms with Gasteiger partial charge in [0.05, 0.1) is 11.7 Å². The Morgan fingerprint density at radius 3 is 3.00 bits per heavy atom. The first-order chi connectivity index (χ1) is 8.13. The lowest BCUT2D eigenvalue weighted by Gasteiger charge is -2.13. The number of amides is 1. The zero-order valence-electron chi connectivity index (χ0n) is 9.08. The molecule has 0 fully saturated rings. The van der Waals surface area contributed by atoms with Crippen molar-refractivity contribution in [3.63, 3.8) is 0 Å². The number of hydrogen-bond acceptors (Lipinski definition) is 2. The summed E-state index contributed by atoms with van der Waals surface area (Å²) < 4.78 is 13.9. The van der Waals surface area contributed by atoms with Gasteiger partial charge in [0.2, 0.25) is 6.41 Å². The van der Waals surface area contributed by atoms with E-state index in [-0.39, 0.29) is 11.9 Å². The highest BCUT2D eigenvalue weighted by molar-refractivity contribution is 9.10. The van der Waals surface area contributed by atoms with Gasteiger partial charge in [-0.2, -0.15) is 0 Å². The average molecular weight is 297 g/mol. The van der Waals surface area contributed by atoms with Gasteiger partial charge in [-0.15, -0.1) is 0 Å². The Bertz CT molecular complexity index is 574. The molecule has 1 aromatic carbocycles. The fraction of sp³-hybridized carbons (Fsp3) is 0.167. The highest BCUT2D eigenvalue weighted by atomic mass is 79.9. The average Bonchev–Trinajstić information content (AvgIpc) is 2.30. The van der Waals surface area contributed by atoms with Gasteiger partial charge in [-0.05, 0) is 41.1 Å². The van der Waals surface area contributed by atoms with Crippen LogP contribution in [-0.2, 0) is 4.79 Å². The normalized spacial score (nSPS) is 12.4. The predicted octanol–water partition coefficient (Wildman–Crippen LogP) is 2.94. The lowest BCUT2D eigenvalue weighted by Crippen LogP contribution is -2.17. The summed E-state index contributed by atoms with van der Waals surface area (Å²) in [6.07, 6.45) is 2.28. The van der Waals surface area contributed by atoms with E-state index in [2.05, 4.69) is 26.2 Å². The van der Waals surface area contributed by atoms with E-state index in [1.165, 1.54) is 12.1 Å². The molecule has 0 aliphatic rings. The van der Waals surface area contributed by atoms with E-state index in [9.17, 15) is 9.18 Å². The number of pyridine rings is 1. The van der Waals surface area contributed by atoms with Crippen molar-refractivity contribution >= 4 is 33.1 Å². The molecule has 2 rings (SSSR count). The van der Waals surface area contributed by atoms with Crippen LogP contribution in [0.3, 0.4) is 0 Å². The van der Waals surface area contributed by atoms with E-state index in [0.717, 1.165) is 10.8 Å². The van der Waals surface area contributed by atoms with E-state index < -0.39 is 0 Å². The number of halogens is 2. The molecule has 1 N–H and O–H groups in total. The van der Waals surface area contributed by atoms with E-state index in [0.29, 0.717) is 16.6 Å². The van der Waals surface area contributed by atoms with E-state index in [4.69, 9.17) is 0 Å². The summed E-state index contributed by atoms with van der Waals surface area (Å²) in [5.74, 6) is -0.300. The molecule has 0 spiro atoms. The molecule has 1 aromatic heterocycles. The van der Waals surface area contributed by atoms with Gasteiger partial charge in [0.15, 0.2) is 0 Å². The smallest absolute Gasteiger partial charge is 0.207 e. The summed E-state index contributed by atoms with van der Waals surface area (Å²) in [4.78, 5) is 14.7. The highest BCUT2D eigenvalue weighted by Gasteiger charge is 2.13. The number of aromatic nitrogens is 1. The second-order valence-electron chi connectivity index (χ2n) is 3.70. The minimum absolute atomic E-state index is 0.227. The first-order valence-corrected chi connectivity index (χ1v) is 5.86. The number of benzene rings is 1. The molecule has 2 aromatic rings. The van der Waals surface area contributed by atoms with Crippen LogP contribution >= 0.6 is 15.9 Å². The van der Waals surface area contributed by atoms with Crippen LogP contribution in [0.4, 0.5) is 4.39 Å². The maximum absolute atomic E-state index is 13.2. The number of carbonyl (C=O) groups excluding carboxylic acids is 1. The Labute approximate surface area is 106 Å². The molecule has 0 saturated carbocycles. The Morgan fingerprint density at radius 2 is 2.29 bits per heavy atom. The summed E-state index contributed by atoms with van der Waals surface area (Å²) in [5.41, 5.74) is 0.676. The lowest BCUT2D eigenvalue weighted by atomic mass is 10.1. The third-order valence-corrected chi connectivity index (χ3v) is 3.38. The molecule has 0 aliphatic carbocycles. The Hall–Kier alpha value is -1.49. The molecule has 1 heterocycles. The van der Waals surface area contributed by atoms with E-state index >= 15 is 0 Å². The van der Waals surface area contributed by atoms with Crippen molar-refractivity contribution in [3.05, 3.63) is 40.4 Å². The molecular formula is C12H10BrFN2O. The molecule has 0 saturated heterocycles. The van der Waals surface area contributed by atoms with Gasteiger partial charge < -0.3 is 5.32 Å². The van der Waals surface area contributed by atoms with Crippen molar-refractivity contribution in [3.8, 4) is 0 Å². The standard InChI is InChI=1S/C12H10BrFN2O/c1-7(16-6-17)12-11(13)10-4-9(14)3-2-8(10)5-15-12/h2-7H,1H3,(H,16,17). The molecule has 0 aliphatic heterocycles. The van der Waals surface area contributed by atoms with Gasteiger partial charge in [-0.1, -0.05) is 0 Å². The largest absolute Gasteiger partial charge is 0.351 e. The number of nitrogens with zero attached hydrogens (tertiary/aromatic N) is 1. The number of fused-ring (bicyclic) bond motifs is 1. The topological polar surface area (TPSA) is 42.0 Å². The quantitative estimate of drug-likeness (QED) is 0.885. The first kappa shape index (κ1) is 12.0. The molecule has 3 nitrogen and oxygen atoms in total. The van der Waals surface area contributed by atoms with Crippen molar-refractivity contribution < 1.29 is 9.18 Å². The van der Waals surface area contributed by atoms with Crippen LogP contribution in [0.5, 0.6) is 0 Å². The van der Waals surface area contributed by atoms with Crippen LogP contribution in [0.1, 0.15) is 18.7 Å². The molecule has 1 amide bonds. The minimum atomic E-state index is -0.300. The molecule has 0 bridgehead atoms. The third-order valence-electron chi connectivity index (χ3n) is 2.55. The zero-order chi connectivity index (χ0) is 12.4. The monoisotopic (exact) mass is 296 g/mol. The zero-order valence-corrected chi connectivity index (χ0v) is 10.7. The molecule has 17 heavy (non-hydrogen) atoms. The van der Waals surface area contributed by atoms with Crippen molar-refractivity contribution in [1.82, 2.24) is 10.3 Å². The maximum atomic E-state index is 13.2. The van der Waals surface area contributed by atoms with E-state index in [1.807, 2.05) is 6.92 Å². The van der Waals surface area contributed by atoms with Crippen LogP contribution in [-0.4, -0.2) is 11.4 Å². The fourth-order valence-electron chi connectivity index (χ4n) is 1.65. The highest BCUT2D eigenvalue weighted by Crippen LogP contribution is 2.29. The van der Waals surface area contributed by atoms with Gasteiger partial charge in [0, 0.05) is 21.4 Å². The molecule has 1 atom stereocenters. The van der Waals surface area contributed by atoms with Gasteiger partial charge in [0.1, 0.15) is 5.82 Å². The van der Waals surface area contributed by atoms with Gasteiger partial charge in [-0.3, -0.25) is 9.78 Å². The summed E-state index contributed by atoms with van der Waals surface area (Å²) in [6, 6.07) is 4.28. The summed E-state index contributed by atoms with van der Waals surface area (Å²) in [6.45, 7) is 1.81. The fourth-order valence-corrected chi connectivity index (χ4v) is 2.44. The third kappa shape index (κ3) is 2.29. The van der Waals surface area contributed by atoms with Gasteiger partial charge in [-0.25, -0.2) is 4.39 Å². The Morgan fingerprint density at radius 1 is 1.53 bits per heavy atom. The summed E-state index contributed by atoms with van der Waals surface area (Å²) >= 11 is 3.40. The second-order valence-corrected chi connectivity index (χ2v) is 4.49. The van der Waals surface area contributed by atoms with Crippen LogP contribution in [0.25, 0.3) is 10.8 Å². The second kappa shape index (κ2) is 4.79. The SMILES string of the molecule is CC(NC=O)c1ncc2ccc(F)cc2c1Br. The van der Waals surface area contributed by atoms with Crippen molar-refractivity contribution in [2.24, 2.45) is 0 Å². The Balaban J connectivity index is 2.59. The van der Waals surface area contributed by atoms with Crippen molar-refractivity contribution in [1.29, 1.82) is 0 Å². The first-order valence-electron chi connectivity index (χ1n) is 5.07. The van der Waals surface area contributed by atoms with Crippen LogP contribution in [0.2, 0.25) is 0 Å². The Kier molecular flexibility index (Phi) is 3.38. The van der Waals surface area contributed by atoms with E-state index in [1.54, 1.807) is 12.3 Å². The molecule has 5 heteroatoms. The summed E-state index contributed by atoms with van der Waals surface area (Å²) in [7, 11) is 0. The van der Waals surface area contributed by atoms with Crippen LogP contribution in [0.15, 0.2) is 28.9 Å². The maximum Gasteiger partial charge on any atom is 0.207 e. The predicted molar refractivity (Wildman–Crippen MR) is 67.0 cm³/mol. The van der Waals surface area contributed by atoms with Gasteiger partial charge in [0.25, 0.3) is 0 Å². The molecule has 1 unspecified atom stereocenters. The number of rotatable bonds is 3. The van der Waals surface area contributed by atoms with Crippen molar-refractivity contribution in [2.75, 3.05) is 0 Å². The van der Waals surface area contributed by atoms with Crippen molar-refractivity contribution in [2.45, 2.75) is 13.0 Å². The summed E-state index contributed by atoms with van der Waals surface area (Å²) in [5, 5.41) is 4.21. The minimum Gasteiger partial charge on any atom is -0.351 e. The molecule has 0 radical (unpaired) electrons. The number of nitrogens with one attached hydrogen (secondary N) is 1. The number of carbonyl (C=O) groups is 1. The number of hydrogen-bond donors (Lipinski definition) is 1. The molecular weight excluding hydrogens is 287 g/mol. The molecule has 88 valence electrons. The van der Waals surface area contributed by atoms with Crippen LogP contribution in [0, 0.1) is 5.82 Å². The van der Waals surface area contributed by atoms with Crippen LogP contribution < -0.4 is 5.32 Å².